The van der Waals surface area contributed by atoms with Gasteiger partial charge in [0.1, 0.15) is 25.0 Å². The van der Waals surface area contributed by atoms with E-state index in [1.807, 2.05) is 87.7 Å². The number of nitrogen functional groups attached to an aromatic ring is 2. The molecule has 17 heteroatoms. The van der Waals surface area contributed by atoms with Gasteiger partial charge in [-0.3, -0.25) is 0 Å². The number of halogens is 3. The van der Waals surface area contributed by atoms with Crippen LogP contribution in [0.3, 0.4) is 0 Å². The van der Waals surface area contributed by atoms with Crippen LogP contribution in [-0.4, -0.2) is 104 Å². The van der Waals surface area contributed by atoms with Gasteiger partial charge in [0.2, 0.25) is 0 Å². The fraction of sp³-hybridized carbons (Fsp3) is 0.450. The Balaban J connectivity index is 0.000000215. The Hall–Kier alpha value is -4.06. The molecule has 14 nitrogen and oxygen atoms in total. The summed E-state index contributed by atoms with van der Waals surface area (Å²) in [6, 6.07) is 20.5. The van der Waals surface area contributed by atoms with Crippen molar-refractivity contribution >= 4 is 77.4 Å². The van der Waals surface area contributed by atoms with E-state index in [4.69, 9.17) is 20.9 Å². The maximum atomic E-state index is 12.8. The largest absolute Gasteiger partial charge is 0.444 e. The second-order valence-electron chi connectivity index (χ2n) is 15.5. The van der Waals surface area contributed by atoms with Gasteiger partial charge in [0.25, 0.3) is 0 Å². The molecule has 4 heterocycles. The average Bonchev–Trinajstić information content (AvgIpc) is 3.14. The highest BCUT2D eigenvalue weighted by molar-refractivity contribution is 9.11. The minimum absolute atomic E-state index is 0.0637. The quantitative estimate of drug-likeness (QED) is 0.180. The van der Waals surface area contributed by atoms with Crippen molar-refractivity contribution < 1.29 is 19.1 Å². The van der Waals surface area contributed by atoms with Gasteiger partial charge >= 0.3 is 12.2 Å². The zero-order valence-corrected chi connectivity index (χ0v) is 38.0. The second kappa shape index (κ2) is 21.1. The van der Waals surface area contributed by atoms with Crippen LogP contribution in [0.25, 0.3) is 0 Å². The van der Waals surface area contributed by atoms with E-state index in [0.717, 1.165) is 31.5 Å². The molecule has 0 radical (unpaired) electrons. The van der Waals surface area contributed by atoms with Crippen LogP contribution < -0.4 is 21.7 Å². The molecule has 4 aromatic rings. The summed E-state index contributed by atoms with van der Waals surface area (Å²) in [4.78, 5) is 47.2. The zero-order valence-electron chi connectivity index (χ0n) is 33.3. The van der Waals surface area contributed by atoms with Crippen LogP contribution in [0.5, 0.6) is 0 Å². The van der Waals surface area contributed by atoms with E-state index in [9.17, 15) is 9.59 Å². The zero-order chi connectivity index (χ0) is 41.8. The SMILES string of the molecule is CC(C)(C)OC(=O)N1CCN(c2nc(Br)cnc2N)C[C@@H]1Cc1ccccc1.CC(C)(C)OC(=O)N1CCNC[C@@H]1Cc1ccccc1.Nc1ncc(Br)nc1Br. The molecule has 5 N–H and O–H groups in total. The minimum Gasteiger partial charge on any atom is -0.444 e. The molecule has 0 bridgehead atoms. The van der Waals surface area contributed by atoms with Crippen molar-refractivity contribution in [1.82, 2.24) is 35.1 Å². The molecule has 2 aromatic heterocycles. The number of hydrogen-bond acceptors (Lipinski definition) is 12. The summed E-state index contributed by atoms with van der Waals surface area (Å²) in [5, 5.41) is 3.35. The maximum absolute atomic E-state index is 12.8. The van der Waals surface area contributed by atoms with Gasteiger partial charge in [-0.15, -0.1) is 0 Å². The standard InChI is InChI=1S/C20H26BrN5O2.C16H24N2O2.C4H3Br2N3/c1-20(2,3)28-19(27)26-10-9-25(18-17(22)23-12-16(21)24-18)13-15(26)11-14-7-5-4-6-8-14;1-16(2,3)20-15(19)18-10-9-17-12-14(18)11-13-7-5-4-6-8-13;5-2-1-8-4(7)3(6)9-2/h4-8,12,15H,9-11,13H2,1-3H3,(H2,22,23);4-8,14,17H,9-12H2,1-3H3;1H,(H2,7,8)/t15-;14-;/m00./s1. The molecule has 57 heavy (non-hydrogen) atoms. The van der Waals surface area contributed by atoms with E-state index in [1.54, 1.807) is 12.4 Å². The summed E-state index contributed by atoms with van der Waals surface area (Å²) < 4.78 is 13.0. The van der Waals surface area contributed by atoms with Crippen molar-refractivity contribution in [2.75, 3.05) is 55.6 Å². The number of nitrogens with one attached hydrogen (secondary N) is 1. The van der Waals surface area contributed by atoms with Crippen molar-refractivity contribution in [2.45, 2.75) is 77.7 Å². The van der Waals surface area contributed by atoms with E-state index in [1.165, 1.54) is 5.56 Å². The first-order valence-corrected chi connectivity index (χ1v) is 21.0. The van der Waals surface area contributed by atoms with Gasteiger partial charge < -0.3 is 41.0 Å². The molecule has 2 aliphatic heterocycles. The van der Waals surface area contributed by atoms with Gasteiger partial charge in [-0.2, -0.15) is 0 Å². The molecule has 2 aromatic carbocycles. The normalized spacial score (nSPS) is 17.0. The number of anilines is 3. The van der Waals surface area contributed by atoms with Gasteiger partial charge in [0.05, 0.1) is 24.5 Å². The molecule has 0 saturated carbocycles. The van der Waals surface area contributed by atoms with E-state index >= 15 is 0 Å². The number of nitrogens with zero attached hydrogens (tertiary/aromatic N) is 7. The molecule has 2 atom stereocenters. The number of carbonyl (C=O) groups is 2. The Bertz CT molecular complexity index is 1900. The third kappa shape index (κ3) is 15.3. The fourth-order valence-electron chi connectivity index (χ4n) is 6.02. The lowest BCUT2D eigenvalue weighted by molar-refractivity contribution is 0.0117. The number of nitrogens with two attached hydrogens (primary N) is 2. The van der Waals surface area contributed by atoms with Gasteiger partial charge in [0.15, 0.2) is 17.5 Å². The molecule has 0 aliphatic carbocycles. The van der Waals surface area contributed by atoms with Crippen LogP contribution in [0.1, 0.15) is 52.7 Å². The summed E-state index contributed by atoms with van der Waals surface area (Å²) in [5.41, 5.74) is 12.8. The van der Waals surface area contributed by atoms with Gasteiger partial charge in [0, 0.05) is 39.3 Å². The number of piperazine rings is 2. The Morgan fingerprint density at radius 3 is 1.72 bits per heavy atom. The molecular weight excluding hydrogens is 924 g/mol. The van der Waals surface area contributed by atoms with Gasteiger partial charge in [-0.05, 0) is 113 Å². The highest BCUT2D eigenvalue weighted by atomic mass is 79.9. The number of aromatic nitrogens is 4. The number of amides is 2. The molecule has 0 unspecified atom stereocenters. The van der Waals surface area contributed by atoms with E-state index in [0.29, 0.717) is 57.4 Å². The summed E-state index contributed by atoms with van der Waals surface area (Å²) in [6.07, 6.45) is 4.20. The number of rotatable bonds is 5. The van der Waals surface area contributed by atoms with Gasteiger partial charge in [-0.25, -0.2) is 29.5 Å². The van der Waals surface area contributed by atoms with E-state index < -0.39 is 11.2 Å². The van der Waals surface area contributed by atoms with Crippen LogP contribution >= 0.6 is 47.8 Å². The molecule has 308 valence electrons. The van der Waals surface area contributed by atoms with Crippen molar-refractivity contribution in [3.05, 3.63) is 98.0 Å². The van der Waals surface area contributed by atoms with E-state index in [-0.39, 0.29) is 24.3 Å². The number of carbonyl (C=O) groups excluding carboxylic acids is 2. The van der Waals surface area contributed by atoms with E-state index in [2.05, 4.69) is 102 Å². The highest BCUT2D eigenvalue weighted by Crippen LogP contribution is 2.26. The predicted molar refractivity (Wildman–Crippen MR) is 235 cm³/mol. The smallest absolute Gasteiger partial charge is 0.410 e. The lowest BCUT2D eigenvalue weighted by Crippen LogP contribution is -2.57. The fourth-order valence-corrected chi connectivity index (χ4v) is 7.10. The first kappa shape index (κ1) is 45.6. The number of hydrogen-bond donors (Lipinski definition) is 3. The summed E-state index contributed by atoms with van der Waals surface area (Å²) in [6.45, 7) is 15.4. The lowest BCUT2D eigenvalue weighted by atomic mass is 10.0. The van der Waals surface area contributed by atoms with Crippen LogP contribution in [0.4, 0.5) is 27.0 Å². The molecule has 6 rings (SSSR count). The Morgan fingerprint density at radius 1 is 0.719 bits per heavy atom. The minimum atomic E-state index is -0.536. The third-order valence-electron chi connectivity index (χ3n) is 8.50. The van der Waals surface area contributed by atoms with Crippen molar-refractivity contribution in [3.8, 4) is 0 Å². The first-order chi connectivity index (χ1) is 26.9. The van der Waals surface area contributed by atoms with Crippen molar-refractivity contribution in [3.63, 3.8) is 0 Å². The predicted octanol–water partition coefficient (Wildman–Crippen LogP) is 7.51. The topological polar surface area (TPSA) is 178 Å². The Morgan fingerprint density at radius 2 is 1.21 bits per heavy atom. The Labute approximate surface area is 360 Å². The third-order valence-corrected chi connectivity index (χ3v) is 9.84. The highest BCUT2D eigenvalue weighted by Gasteiger charge is 2.35. The first-order valence-electron chi connectivity index (χ1n) is 18.6. The number of benzene rings is 2. The summed E-state index contributed by atoms with van der Waals surface area (Å²) in [5.74, 6) is 1.42. The van der Waals surface area contributed by atoms with Crippen molar-refractivity contribution in [2.24, 2.45) is 0 Å². The molecule has 2 saturated heterocycles. The molecule has 0 spiro atoms. The van der Waals surface area contributed by atoms with Gasteiger partial charge in [-0.1, -0.05) is 60.7 Å². The summed E-state index contributed by atoms with van der Waals surface area (Å²) >= 11 is 9.61. The molecular formula is C40H53Br3N10O4. The van der Waals surface area contributed by atoms with Crippen LogP contribution in [0.15, 0.2) is 86.9 Å². The summed E-state index contributed by atoms with van der Waals surface area (Å²) in [7, 11) is 0. The molecule has 2 amide bonds. The average molecular weight is 978 g/mol. The van der Waals surface area contributed by atoms with Crippen molar-refractivity contribution in [1.29, 1.82) is 0 Å². The van der Waals surface area contributed by atoms with Crippen LogP contribution in [0.2, 0.25) is 0 Å². The maximum Gasteiger partial charge on any atom is 0.410 e. The van der Waals surface area contributed by atoms with Crippen LogP contribution in [-0.2, 0) is 22.3 Å². The lowest BCUT2D eigenvalue weighted by Gasteiger charge is -2.42. The molecule has 2 aliphatic rings. The monoisotopic (exact) mass is 974 g/mol. The second-order valence-corrected chi connectivity index (χ2v) is 17.8. The number of ether oxygens (including phenoxy) is 2. The Kier molecular flexibility index (Phi) is 16.9. The molecule has 2 fully saturated rings. The van der Waals surface area contributed by atoms with Crippen LogP contribution in [0, 0.1) is 0 Å².